The molecule has 1 N–H and O–H groups in total. The average Bonchev–Trinajstić information content (AvgIpc) is 2.61. The van der Waals surface area contributed by atoms with Crippen LogP contribution in [-0.2, 0) is 9.47 Å². The van der Waals surface area contributed by atoms with E-state index in [1.807, 2.05) is 23.1 Å². The number of carbonyl (C=O) groups excluding carboxylic acids is 1. The Morgan fingerprint density at radius 1 is 1.35 bits per heavy atom. The number of morpholine rings is 1. The first-order valence-corrected chi connectivity index (χ1v) is 8.54. The number of amides is 2. The van der Waals surface area contributed by atoms with Crippen LogP contribution in [0.15, 0.2) is 30.3 Å². The first-order valence-electron chi connectivity index (χ1n) is 8.54. The molecule has 0 radical (unpaired) electrons. The number of hydrogen-bond donors (Lipinski definition) is 1. The SMILES string of the molecule is CC[C@H](NC(=O)N1CCOC2(CCCOC2)C1)c1ccccc1. The molecule has 0 aromatic heterocycles. The van der Waals surface area contributed by atoms with Crippen molar-refractivity contribution in [2.75, 3.05) is 32.9 Å². The zero-order valence-electron chi connectivity index (χ0n) is 13.8. The molecule has 5 nitrogen and oxygen atoms in total. The summed E-state index contributed by atoms with van der Waals surface area (Å²) in [4.78, 5) is 14.6. The third-order valence-electron chi connectivity index (χ3n) is 4.73. The predicted molar refractivity (Wildman–Crippen MR) is 88.3 cm³/mol. The second-order valence-electron chi connectivity index (χ2n) is 6.43. The maximum Gasteiger partial charge on any atom is 0.318 e. The van der Waals surface area contributed by atoms with E-state index in [0.29, 0.717) is 26.3 Å². The minimum atomic E-state index is -0.303. The van der Waals surface area contributed by atoms with Gasteiger partial charge in [-0.3, -0.25) is 0 Å². The summed E-state index contributed by atoms with van der Waals surface area (Å²) in [7, 11) is 0. The largest absolute Gasteiger partial charge is 0.378 e. The summed E-state index contributed by atoms with van der Waals surface area (Å²) in [6.07, 6.45) is 2.83. The number of benzene rings is 1. The van der Waals surface area contributed by atoms with Gasteiger partial charge in [0.15, 0.2) is 0 Å². The fourth-order valence-electron chi connectivity index (χ4n) is 3.43. The van der Waals surface area contributed by atoms with Crippen molar-refractivity contribution < 1.29 is 14.3 Å². The lowest BCUT2D eigenvalue weighted by atomic mass is 9.94. The fourth-order valence-corrected chi connectivity index (χ4v) is 3.43. The van der Waals surface area contributed by atoms with E-state index in [4.69, 9.17) is 9.47 Å². The number of nitrogens with zero attached hydrogens (tertiary/aromatic N) is 1. The highest BCUT2D eigenvalue weighted by atomic mass is 16.5. The van der Waals surface area contributed by atoms with E-state index in [1.54, 1.807) is 0 Å². The van der Waals surface area contributed by atoms with Crippen LogP contribution >= 0.6 is 0 Å². The van der Waals surface area contributed by atoms with E-state index in [9.17, 15) is 4.79 Å². The van der Waals surface area contributed by atoms with Crippen LogP contribution in [0.5, 0.6) is 0 Å². The Labute approximate surface area is 137 Å². The molecule has 23 heavy (non-hydrogen) atoms. The Morgan fingerprint density at radius 2 is 2.17 bits per heavy atom. The van der Waals surface area contributed by atoms with Crippen LogP contribution in [0.2, 0.25) is 0 Å². The van der Waals surface area contributed by atoms with Crippen molar-refractivity contribution in [1.82, 2.24) is 10.2 Å². The molecule has 2 aliphatic rings. The van der Waals surface area contributed by atoms with E-state index < -0.39 is 0 Å². The van der Waals surface area contributed by atoms with Crippen molar-refractivity contribution in [3.8, 4) is 0 Å². The molecule has 0 aliphatic carbocycles. The van der Waals surface area contributed by atoms with E-state index in [-0.39, 0.29) is 17.7 Å². The lowest BCUT2D eigenvalue weighted by Crippen LogP contribution is -2.59. The van der Waals surface area contributed by atoms with Gasteiger partial charge in [-0.1, -0.05) is 37.3 Å². The highest BCUT2D eigenvalue weighted by Crippen LogP contribution is 2.28. The zero-order chi connectivity index (χ0) is 16.1. The minimum absolute atomic E-state index is 0.00560. The van der Waals surface area contributed by atoms with Crippen LogP contribution in [0.1, 0.15) is 37.8 Å². The summed E-state index contributed by atoms with van der Waals surface area (Å²) in [6.45, 7) is 5.31. The molecular weight excluding hydrogens is 292 g/mol. The Hall–Kier alpha value is -1.59. The lowest BCUT2D eigenvalue weighted by molar-refractivity contribution is -0.160. The molecule has 2 fully saturated rings. The Balaban J connectivity index is 1.63. The van der Waals surface area contributed by atoms with Crippen LogP contribution in [0.3, 0.4) is 0 Å². The van der Waals surface area contributed by atoms with Crippen LogP contribution in [0.25, 0.3) is 0 Å². The fraction of sp³-hybridized carbons (Fsp3) is 0.611. The van der Waals surface area contributed by atoms with Crippen LogP contribution in [0, 0.1) is 0 Å². The summed E-state index contributed by atoms with van der Waals surface area (Å²) in [5.41, 5.74) is 0.842. The molecule has 0 saturated carbocycles. The molecule has 2 atom stereocenters. The van der Waals surface area contributed by atoms with Gasteiger partial charge in [-0.05, 0) is 24.8 Å². The Morgan fingerprint density at radius 3 is 2.87 bits per heavy atom. The summed E-state index contributed by atoms with van der Waals surface area (Å²) >= 11 is 0. The summed E-state index contributed by atoms with van der Waals surface area (Å²) in [6, 6.07) is 10.2. The van der Waals surface area contributed by atoms with Crippen LogP contribution in [-0.4, -0.2) is 49.4 Å². The monoisotopic (exact) mass is 318 g/mol. The van der Waals surface area contributed by atoms with Crippen molar-refractivity contribution in [2.45, 2.75) is 37.8 Å². The smallest absolute Gasteiger partial charge is 0.318 e. The molecule has 1 unspecified atom stereocenters. The van der Waals surface area contributed by atoms with Gasteiger partial charge in [0, 0.05) is 13.2 Å². The van der Waals surface area contributed by atoms with Gasteiger partial charge in [0.2, 0.25) is 0 Å². The number of nitrogens with one attached hydrogen (secondary N) is 1. The Bertz CT molecular complexity index is 509. The van der Waals surface area contributed by atoms with Crippen LogP contribution in [0.4, 0.5) is 4.79 Å². The van der Waals surface area contributed by atoms with Crippen molar-refractivity contribution in [2.24, 2.45) is 0 Å². The lowest BCUT2D eigenvalue weighted by Gasteiger charge is -2.44. The maximum atomic E-state index is 12.7. The standard InChI is InChI=1S/C18H26N2O3/c1-2-16(15-7-4-3-5-8-15)19-17(21)20-10-12-23-18(13-20)9-6-11-22-14-18/h3-5,7-8,16H,2,6,9-14H2,1H3,(H,19,21)/t16-,18?/m0/s1. The van der Waals surface area contributed by atoms with E-state index in [2.05, 4.69) is 24.4 Å². The highest BCUT2D eigenvalue weighted by Gasteiger charge is 2.40. The first kappa shape index (κ1) is 16.3. The first-order chi connectivity index (χ1) is 11.2. The van der Waals surface area contributed by atoms with Gasteiger partial charge in [0.05, 0.1) is 25.8 Å². The molecule has 126 valence electrons. The van der Waals surface area contributed by atoms with Gasteiger partial charge in [0.1, 0.15) is 5.60 Å². The predicted octanol–water partition coefficient (Wildman–Crippen LogP) is 2.73. The molecule has 2 amide bonds. The number of ether oxygens (including phenoxy) is 2. The molecular formula is C18H26N2O3. The van der Waals surface area contributed by atoms with Crippen molar-refractivity contribution in [1.29, 1.82) is 0 Å². The average molecular weight is 318 g/mol. The highest BCUT2D eigenvalue weighted by molar-refractivity contribution is 5.75. The maximum absolute atomic E-state index is 12.7. The number of urea groups is 1. The van der Waals surface area contributed by atoms with Crippen molar-refractivity contribution in [3.63, 3.8) is 0 Å². The van der Waals surface area contributed by atoms with Gasteiger partial charge >= 0.3 is 6.03 Å². The van der Waals surface area contributed by atoms with E-state index in [0.717, 1.165) is 31.4 Å². The van der Waals surface area contributed by atoms with Crippen LogP contribution < -0.4 is 5.32 Å². The molecule has 1 spiro atoms. The van der Waals surface area contributed by atoms with Gasteiger partial charge < -0.3 is 19.7 Å². The van der Waals surface area contributed by atoms with Gasteiger partial charge in [-0.2, -0.15) is 0 Å². The number of rotatable bonds is 3. The van der Waals surface area contributed by atoms with Crippen molar-refractivity contribution in [3.05, 3.63) is 35.9 Å². The molecule has 2 heterocycles. The molecule has 5 heteroatoms. The molecule has 2 saturated heterocycles. The zero-order valence-corrected chi connectivity index (χ0v) is 13.8. The van der Waals surface area contributed by atoms with E-state index in [1.165, 1.54) is 0 Å². The van der Waals surface area contributed by atoms with E-state index >= 15 is 0 Å². The van der Waals surface area contributed by atoms with Gasteiger partial charge in [-0.25, -0.2) is 4.79 Å². The van der Waals surface area contributed by atoms with Gasteiger partial charge in [0.25, 0.3) is 0 Å². The number of carbonyl (C=O) groups is 1. The second-order valence-corrected chi connectivity index (χ2v) is 6.43. The quantitative estimate of drug-likeness (QED) is 0.932. The molecule has 1 aromatic rings. The summed E-state index contributed by atoms with van der Waals surface area (Å²) < 4.78 is 11.5. The topological polar surface area (TPSA) is 50.8 Å². The third-order valence-corrected chi connectivity index (χ3v) is 4.73. The Kier molecular flexibility index (Phi) is 5.18. The summed E-state index contributed by atoms with van der Waals surface area (Å²) in [5, 5.41) is 3.17. The normalized spacial score (nSPS) is 26.0. The number of hydrogen-bond acceptors (Lipinski definition) is 3. The van der Waals surface area contributed by atoms with Crippen molar-refractivity contribution >= 4 is 6.03 Å². The molecule has 3 rings (SSSR count). The third kappa shape index (κ3) is 3.85. The summed E-state index contributed by atoms with van der Waals surface area (Å²) in [5.74, 6) is 0. The molecule has 1 aromatic carbocycles. The minimum Gasteiger partial charge on any atom is -0.378 e. The molecule has 2 aliphatic heterocycles. The van der Waals surface area contributed by atoms with Gasteiger partial charge in [-0.15, -0.1) is 0 Å². The second kappa shape index (κ2) is 7.32. The molecule has 0 bridgehead atoms.